The summed E-state index contributed by atoms with van der Waals surface area (Å²) < 4.78 is 5.77. The minimum absolute atomic E-state index is 0.855. The molecule has 0 unspecified atom stereocenters. The van der Waals surface area contributed by atoms with Gasteiger partial charge in [0.05, 0.1) is 0 Å². The van der Waals surface area contributed by atoms with Crippen LogP contribution in [-0.2, 0) is 0 Å². The van der Waals surface area contributed by atoms with E-state index in [4.69, 9.17) is 4.74 Å². The van der Waals surface area contributed by atoms with Crippen molar-refractivity contribution in [3.05, 3.63) is 84.9 Å². The van der Waals surface area contributed by atoms with E-state index in [1.807, 2.05) is 48.5 Å². The minimum Gasteiger partial charge on any atom is -0.457 e. The molecular formula is C18H14OS. The van der Waals surface area contributed by atoms with Crippen molar-refractivity contribution in [2.75, 3.05) is 0 Å². The lowest BCUT2D eigenvalue weighted by molar-refractivity contribution is 0.482. The molecule has 0 fully saturated rings. The van der Waals surface area contributed by atoms with Gasteiger partial charge in [0, 0.05) is 9.79 Å². The predicted molar refractivity (Wildman–Crippen MR) is 83.5 cm³/mol. The van der Waals surface area contributed by atoms with Crippen LogP contribution in [0.2, 0.25) is 0 Å². The standard InChI is InChI=1S/C18H14OS/c1-3-7-15(8-4-1)19-16-11-13-18(14-12-16)20-17-9-5-2-6-10-17/h1-14H. The lowest BCUT2D eigenvalue weighted by Gasteiger charge is -2.06. The molecule has 3 rings (SSSR count). The second-order valence-corrected chi connectivity index (χ2v) is 5.45. The highest BCUT2D eigenvalue weighted by Crippen LogP contribution is 2.29. The molecule has 0 aliphatic rings. The van der Waals surface area contributed by atoms with Gasteiger partial charge in [0.25, 0.3) is 0 Å². The summed E-state index contributed by atoms with van der Waals surface area (Å²) in [5.41, 5.74) is 0. The summed E-state index contributed by atoms with van der Waals surface area (Å²) in [6.07, 6.45) is 0. The number of hydrogen-bond acceptors (Lipinski definition) is 2. The summed E-state index contributed by atoms with van der Waals surface area (Å²) in [6.45, 7) is 0. The van der Waals surface area contributed by atoms with Crippen molar-refractivity contribution in [1.29, 1.82) is 0 Å². The summed E-state index contributed by atoms with van der Waals surface area (Å²) in [6, 6.07) is 28.3. The zero-order valence-electron chi connectivity index (χ0n) is 10.9. The van der Waals surface area contributed by atoms with Crippen molar-refractivity contribution in [2.45, 2.75) is 9.79 Å². The molecule has 0 aliphatic carbocycles. The molecule has 20 heavy (non-hydrogen) atoms. The summed E-state index contributed by atoms with van der Waals surface area (Å²) >= 11 is 1.75. The van der Waals surface area contributed by atoms with Gasteiger partial charge in [-0.3, -0.25) is 0 Å². The highest BCUT2D eigenvalue weighted by molar-refractivity contribution is 7.99. The van der Waals surface area contributed by atoms with Gasteiger partial charge < -0.3 is 4.74 Å². The summed E-state index contributed by atoms with van der Waals surface area (Å²) in [5.74, 6) is 1.71. The molecule has 0 spiro atoms. The molecule has 0 saturated heterocycles. The average Bonchev–Trinajstić information content (AvgIpc) is 2.51. The number of rotatable bonds is 4. The Hall–Kier alpha value is -2.19. The maximum Gasteiger partial charge on any atom is 0.127 e. The Kier molecular flexibility index (Phi) is 4.04. The van der Waals surface area contributed by atoms with Crippen LogP contribution in [0.15, 0.2) is 94.7 Å². The van der Waals surface area contributed by atoms with Crippen molar-refractivity contribution >= 4 is 11.8 Å². The molecule has 0 aliphatic heterocycles. The molecule has 0 radical (unpaired) electrons. The highest BCUT2D eigenvalue weighted by atomic mass is 32.2. The van der Waals surface area contributed by atoms with Gasteiger partial charge in [-0.25, -0.2) is 0 Å². The number of para-hydroxylation sites is 1. The van der Waals surface area contributed by atoms with E-state index in [2.05, 4.69) is 36.4 Å². The first-order chi connectivity index (χ1) is 9.90. The maximum absolute atomic E-state index is 5.77. The molecular weight excluding hydrogens is 264 g/mol. The fourth-order valence-corrected chi connectivity index (χ4v) is 2.66. The zero-order chi connectivity index (χ0) is 13.6. The number of hydrogen-bond donors (Lipinski definition) is 0. The molecule has 0 amide bonds. The first-order valence-electron chi connectivity index (χ1n) is 6.46. The van der Waals surface area contributed by atoms with Gasteiger partial charge in [0.1, 0.15) is 11.5 Å². The Morgan fingerprint density at radius 3 is 1.65 bits per heavy atom. The van der Waals surface area contributed by atoms with Crippen LogP contribution >= 0.6 is 11.8 Å². The lowest BCUT2D eigenvalue weighted by Crippen LogP contribution is -1.83. The Morgan fingerprint density at radius 1 is 0.500 bits per heavy atom. The van der Waals surface area contributed by atoms with Gasteiger partial charge in [0.15, 0.2) is 0 Å². The summed E-state index contributed by atoms with van der Waals surface area (Å²) in [5, 5.41) is 0. The molecule has 3 aromatic rings. The second-order valence-electron chi connectivity index (χ2n) is 4.30. The highest BCUT2D eigenvalue weighted by Gasteiger charge is 1.99. The molecule has 0 bridgehead atoms. The SMILES string of the molecule is c1ccc(Oc2ccc(Sc3ccccc3)cc2)cc1. The van der Waals surface area contributed by atoms with Crippen LogP contribution < -0.4 is 4.74 Å². The fourth-order valence-electron chi connectivity index (χ4n) is 1.82. The van der Waals surface area contributed by atoms with Gasteiger partial charge in [-0.2, -0.15) is 0 Å². The van der Waals surface area contributed by atoms with Gasteiger partial charge in [-0.05, 0) is 48.5 Å². The smallest absolute Gasteiger partial charge is 0.127 e. The van der Waals surface area contributed by atoms with E-state index in [0.717, 1.165) is 11.5 Å². The van der Waals surface area contributed by atoms with E-state index >= 15 is 0 Å². The Balaban J connectivity index is 1.69. The molecule has 0 atom stereocenters. The van der Waals surface area contributed by atoms with Gasteiger partial charge in [-0.15, -0.1) is 0 Å². The van der Waals surface area contributed by atoms with Crippen LogP contribution in [0.1, 0.15) is 0 Å². The van der Waals surface area contributed by atoms with E-state index in [-0.39, 0.29) is 0 Å². The summed E-state index contributed by atoms with van der Waals surface area (Å²) in [4.78, 5) is 2.45. The van der Waals surface area contributed by atoms with Crippen molar-refractivity contribution in [3.63, 3.8) is 0 Å². The third kappa shape index (κ3) is 3.43. The molecule has 3 aromatic carbocycles. The second kappa shape index (κ2) is 6.31. The third-order valence-corrected chi connectivity index (χ3v) is 3.80. The van der Waals surface area contributed by atoms with E-state index < -0.39 is 0 Å². The van der Waals surface area contributed by atoms with Crippen molar-refractivity contribution in [3.8, 4) is 11.5 Å². The molecule has 1 nitrogen and oxygen atoms in total. The fraction of sp³-hybridized carbons (Fsp3) is 0. The van der Waals surface area contributed by atoms with Crippen molar-refractivity contribution in [1.82, 2.24) is 0 Å². The van der Waals surface area contributed by atoms with Crippen LogP contribution in [-0.4, -0.2) is 0 Å². The molecule has 0 heterocycles. The zero-order valence-corrected chi connectivity index (χ0v) is 11.7. The van der Waals surface area contributed by atoms with Crippen LogP contribution in [0.4, 0.5) is 0 Å². The Morgan fingerprint density at radius 2 is 1.00 bits per heavy atom. The number of benzene rings is 3. The van der Waals surface area contributed by atoms with E-state index in [0.29, 0.717) is 0 Å². The molecule has 0 N–H and O–H groups in total. The minimum atomic E-state index is 0.855. The van der Waals surface area contributed by atoms with Crippen molar-refractivity contribution in [2.24, 2.45) is 0 Å². The quantitative estimate of drug-likeness (QED) is 0.611. The monoisotopic (exact) mass is 278 g/mol. The van der Waals surface area contributed by atoms with E-state index in [1.165, 1.54) is 9.79 Å². The molecule has 2 heteroatoms. The number of ether oxygens (including phenoxy) is 1. The van der Waals surface area contributed by atoms with Crippen LogP contribution in [0.3, 0.4) is 0 Å². The van der Waals surface area contributed by atoms with Crippen LogP contribution in [0.5, 0.6) is 11.5 Å². The maximum atomic E-state index is 5.77. The van der Waals surface area contributed by atoms with Crippen LogP contribution in [0, 0.1) is 0 Å². The Labute approximate surface area is 123 Å². The first kappa shape index (κ1) is 12.8. The molecule has 0 saturated carbocycles. The van der Waals surface area contributed by atoms with Crippen LogP contribution in [0.25, 0.3) is 0 Å². The summed E-state index contributed by atoms with van der Waals surface area (Å²) in [7, 11) is 0. The topological polar surface area (TPSA) is 9.23 Å². The molecule has 0 aromatic heterocycles. The van der Waals surface area contributed by atoms with E-state index in [9.17, 15) is 0 Å². The predicted octanol–water partition coefficient (Wildman–Crippen LogP) is 5.63. The lowest BCUT2D eigenvalue weighted by atomic mass is 10.3. The average molecular weight is 278 g/mol. The largest absolute Gasteiger partial charge is 0.457 e. The third-order valence-electron chi connectivity index (χ3n) is 2.78. The van der Waals surface area contributed by atoms with E-state index in [1.54, 1.807) is 11.8 Å². The molecule has 98 valence electrons. The first-order valence-corrected chi connectivity index (χ1v) is 7.28. The Bertz CT molecular complexity index is 588. The normalized spacial score (nSPS) is 10.2. The van der Waals surface area contributed by atoms with Gasteiger partial charge in [0.2, 0.25) is 0 Å². The van der Waals surface area contributed by atoms with Crippen molar-refractivity contribution < 1.29 is 4.74 Å². The van der Waals surface area contributed by atoms with Gasteiger partial charge >= 0.3 is 0 Å². The van der Waals surface area contributed by atoms with Gasteiger partial charge in [-0.1, -0.05) is 48.2 Å².